The van der Waals surface area contributed by atoms with Crippen molar-refractivity contribution in [2.45, 2.75) is 57.3 Å². The standard InChI is InChI=1S/C23H30N2O3S/c1-16(2)20-8-7-9-21(17(3)4)22(20)24-23(26)18-10-12-19(13-11-18)29(27,28)25-14-5-6-15-25/h7-13,16-17H,5-6,14-15H2,1-4H3,(H,24,26). The molecule has 29 heavy (non-hydrogen) atoms. The fourth-order valence-corrected chi connectivity index (χ4v) is 5.25. The molecule has 2 aromatic rings. The molecule has 0 unspecified atom stereocenters. The lowest BCUT2D eigenvalue weighted by molar-refractivity contribution is 0.102. The van der Waals surface area contributed by atoms with Crippen molar-refractivity contribution in [2.24, 2.45) is 0 Å². The smallest absolute Gasteiger partial charge is 0.255 e. The number of para-hydroxylation sites is 1. The van der Waals surface area contributed by atoms with Gasteiger partial charge in [0.05, 0.1) is 4.90 Å². The molecule has 1 aliphatic heterocycles. The average molecular weight is 415 g/mol. The van der Waals surface area contributed by atoms with Crippen molar-refractivity contribution in [3.8, 4) is 0 Å². The van der Waals surface area contributed by atoms with E-state index in [1.807, 2.05) is 18.2 Å². The monoisotopic (exact) mass is 414 g/mol. The second-order valence-electron chi connectivity index (χ2n) is 8.21. The SMILES string of the molecule is CC(C)c1cccc(C(C)C)c1NC(=O)c1ccc(S(=O)(=O)N2CCCC2)cc1. The minimum absolute atomic E-state index is 0.231. The molecule has 1 saturated heterocycles. The first-order valence-corrected chi connectivity index (χ1v) is 11.7. The first kappa shape index (κ1) is 21.5. The van der Waals surface area contributed by atoms with E-state index in [9.17, 15) is 13.2 Å². The van der Waals surface area contributed by atoms with Crippen molar-refractivity contribution in [1.29, 1.82) is 0 Å². The molecular formula is C23H30N2O3S. The van der Waals surface area contributed by atoms with Gasteiger partial charge in [-0.3, -0.25) is 4.79 Å². The molecule has 1 aliphatic rings. The van der Waals surface area contributed by atoms with Crippen molar-refractivity contribution < 1.29 is 13.2 Å². The van der Waals surface area contributed by atoms with Gasteiger partial charge in [0, 0.05) is 24.3 Å². The third-order valence-corrected chi connectivity index (χ3v) is 7.34. The Labute approximate surface area is 174 Å². The van der Waals surface area contributed by atoms with Gasteiger partial charge in [-0.15, -0.1) is 0 Å². The Bertz CT molecular complexity index is 947. The molecule has 0 atom stereocenters. The molecule has 156 valence electrons. The van der Waals surface area contributed by atoms with Crippen LogP contribution in [-0.4, -0.2) is 31.7 Å². The number of anilines is 1. The number of benzene rings is 2. The molecule has 6 heteroatoms. The van der Waals surface area contributed by atoms with Crippen LogP contribution in [0.5, 0.6) is 0 Å². The van der Waals surface area contributed by atoms with Gasteiger partial charge in [0.2, 0.25) is 10.0 Å². The number of nitrogens with one attached hydrogen (secondary N) is 1. The van der Waals surface area contributed by atoms with E-state index in [2.05, 4.69) is 33.0 Å². The van der Waals surface area contributed by atoms with E-state index >= 15 is 0 Å². The molecule has 0 aromatic heterocycles. The maximum atomic E-state index is 12.9. The van der Waals surface area contributed by atoms with Gasteiger partial charge in [-0.25, -0.2) is 8.42 Å². The van der Waals surface area contributed by atoms with E-state index < -0.39 is 10.0 Å². The normalized spacial score (nSPS) is 15.2. The Kier molecular flexibility index (Phi) is 6.44. The van der Waals surface area contributed by atoms with Crippen molar-refractivity contribution in [3.63, 3.8) is 0 Å². The third kappa shape index (κ3) is 4.54. The first-order chi connectivity index (χ1) is 13.7. The van der Waals surface area contributed by atoms with E-state index in [1.54, 1.807) is 12.1 Å². The zero-order valence-electron chi connectivity index (χ0n) is 17.6. The summed E-state index contributed by atoms with van der Waals surface area (Å²) in [4.78, 5) is 13.1. The molecular weight excluding hydrogens is 384 g/mol. The van der Waals surface area contributed by atoms with Crippen LogP contribution in [0.4, 0.5) is 5.69 Å². The van der Waals surface area contributed by atoms with Crippen LogP contribution in [0.3, 0.4) is 0 Å². The van der Waals surface area contributed by atoms with Gasteiger partial charge in [-0.05, 0) is 60.1 Å². The lowest BCUT2D eigenvalue weighted by atomic mass is 9.92. The summed E-state index contributed by atoms with van der Waals surface area (Å²) in [5.74, 6) is 0.319. The lowest BCUT2D eigenvalue weighted by Crippen LogP contribution is -2.27. The highest BCUT2D eigenvalue weighted by Crippen LogP contribution is 2.32. The van der Waals surface area contributed by atoms with E-state index in [4.69, 9.17) is 0 Å². The molecule has 0 aliphatic carbocycles. The second-order valence-corrected chi connectivity index (χ2v) is 10.1. The van der Waals surface area contributed by atoms with Crippen molar-refractivity contribution in [2.75, 3.05) is 18.4 Å². The summed E-state index contributed by atoms with van der Waals surface area (Å²) >= 11 is 0. The predicted octanol–water partition coefficient (Wildman–Crippen LogP) is 4.97. The minimum atomic E-state index is -3.47. The summed E-state index contributed by atoms with van der Waals surface area (Å²) in [5, 5.41) is 3.07. The molecule has 0 radical (unpaired) electrons. The van der Waals surface area contributed by atoms with Crippen LogP contribution in [0.25, 0.3) is 0 Å². The number of amides is 1. The molecule has 3 rings (SSSR count). The van der Waals surface area contributed by atoms with Crippen molar-refractivity contribution in [1.82, 2.24) is 4.31 Å². The highest BCUT2D eigenvalue weighted by Gasteiger charge is 2.27. The number of rotatable bonds is 6. The zero-order chi connectivity index (χ0) is 21.2. The number of hydrogen-bond donors (Lipinski definition) is 1. The fourth-order valence-electron chi connectivity index (χ4n) is 3.74. The summed E-state index contributed by atoms with van der Waals surface area (Å²) < 4.78 is 26.9. The van der Waals surface area contributed by atoms with Crippen LogP contribution in [0, 0.1) is 0 Å². The topological polar surface area (TPSA) is 66.5 Å². The van der Waals surface area contributed by atoms with Crippen LogP contribution in [-0.2, 0) is 10.0 Å². The molecule has 1 fully saturated rings. The number of carbonyl (C=O) groups excluding carboxylic acids is 1. The molecule has 0 saturated carbocycles. The van der Waals surface area contributed by atoms with E-state index in [0.717, 1.165) is 29.7 Å². The maximum Gasteiger partial charge on any atom is 0.255 e. The Morgan fingerprint density at radius 3 is 1.90 bits per heavy atom. The van der Waals surface area contributed by atoms with Gasteiger partial charge < -0.3 is 5.32 Å². The van der Waals surface area contributed by atoms with Gasteiger partial charge in [0.15, 0.2) is 0 Å². The predicted molar refractivity (Wildman–Crippen MR) is 117 cm³/mol. The molecule has 5 nitrogen and oxygen atoms in total. The average Bonchev–Trinajstić information content (AvgIpc) is 3.23. The third-order valence-electron chi connectivity index (χ3n) is 5.43. The number of hydrogen-bond acceptors (Lipinski definition) is 3. The van der Waals surface area contributed by atoms with E-state index in [-0.39, 0.29) is 22.6 Å². The Morgan fingerprint density at radius 2 is 1.41 bits per heavy atom. The van der Waals surface area contributed by atoms with Crippen LogP contribution >= 0.6 is 0 Å². The largest absolute Gasteiger partial charge is 0.321 e. The summed E-state index contributed by atoms with van der Waals surface area (Å²) in [6.45, 7) is 9.55. The zero-order valence-corrected chi connectivity index (χ0v) is 18.4. The van der Waals surface area contributed by atoms with E-state index in [0.29, 0.717) is 18.7 Å². The summed E-state index contributed by atoms with van der Waals surface area (Å²) in [6.07, 6.45) is 1.79. The van der Waals surface area contributed by atoms with Crippen molar-refractivity contribution >= 4 is 21.6 Å². The molecule has 0 spiro atoms. The Morgan fingerprint density at radius 1 is 0.897 bits per heavy atom. The Balaban J connectivity index is 1.85. The molecule has 1 amide bonds. The highest BCUT2D eigenvalue weighted by atomic mass is 32.2. The summed E-state index contributed by atoms with van der Waals surface area (Å²) in [7, 11) is -3.47. The van der Waals surface area contributed by atoms with Crippen LogP contribution in [0.15, 0.2) is 47.4 Å². The maximum absolute atomic E-state index is 12.9. The van der Waals surface area contributed by atoms with Crippen LogP contribution in [0.2, 0.25) is 0 Å². The van der Waals surface area contributed by atoms with Gasteiger partial charge in [-0.2, -0.15) is 4.31 Å². The lowest BCUT2D eigenvalue weighted by Gasteiger charge is -2.20. The number of carbonyl (C=O) groups is 1. The quantitative estimate of drug-likeness (QED) is 0.726. The highest BCUT2D eigenvalue weighted by molar-refractivity contribution is 7.89. The van der Waals surface area contributed by atoms with Crippen LogP contribution in [0.1, 0.15) is 73.9 Å². The molecule has 2 aromatic carbocycles. The summed E-state index contributed by atoms with van der Waals surface area (Å²) in [6, 6.07) is 12.3. The molecule has 1 heterocycles. The number of nitrogens with zero attached hydrogens (tertiary/aromatic N) is 1. The minimum Gasteiger partial charge on any atom is -0.321 e. The van der Waals surface area contributed by atoms with Gasteiger partial charge >= 0.3 is 0 Å². The number of sulfonamides is 1. The fraction of sp³-hybridized carbons (Fsp3) is 0.435. The Hall–Kier alpha value is -2.18. The van der Waals surface area contributed by atoms with Crippen LogP contribution < -0.4 is 5.32 Å². The molecule has 0 bridgehead atoms. The van der Waals surface area contributed by atoms with E-state index in [1.165, 1.54) is 16.4 Å². The first-order valence-electron chi connectivity index (χ1n) is 10.3. The summed E-state index contributed by atoms with van der Waals surface area (Å²) in [5.41, 5.74) is 3.49. The van der Waals surface area contributed by atoms with Gasteiger partial charge in [0.1, 0.15) is 0 Å². The van der Waals surface area contributed by atoms with Gasteiger partial charge in [0.25, 0.3) is 5.91 Å². The molecule has 1 N–H and O–H groups in total. The second kappa shape index (κ2) is 8.67. The van der Waals surface area contributed by atoms with Gasteiger partial charge in [-0.1, -0.05) is 45.9 Å². The van der Waals surface area contributed by atoms with Crippen molar-refractivity contribution in [3.05, 3.63) is 59.2 Å².